The lowest BCUT2D eigenvalue weighted by Gasteiger charge is -1.98. The van der Waals surface area contributed by atoms with Gasteiger partial charge in [0, 0.05) is 12.6 Å². The fourth-order valence-electron chi connectivity index (χ4n) is 0.929. The second kappa shape index (κ2) is 9.21. The lowest BCUT2D eigenvalue weighted by Crippen LogP contribution is -2.04. The number of carbonyl (C=O) groups excluding carboxylic acids is 1. The molecule has 0 aliphatic rings. The monoisotopic (exact) mass is 208 g/mol. The second-order valence-electron chi connectivity index (χ2n) is 3.19. The van der Waals surface area contributed by atoms with Crippen LogP contribution < -0.4 is 11.1 Å². The lowest BCUT2D eigenvalue weighted by molar-refractivity contribution is -0.114. The van der Waals surface area contributed by atoms with Crippen LogP contribution in [0, 0.1) is 0 Å². The Balaban J connectivity index is 0.000000336. The molecular weight excluding hydrogens is 188 g/mol. The van der Waals surface area contributed by atoms with Gasteiger partial charge in [-0.1, -0.05) is 31.5 Å². The zero-order valence-corrected chi connectivity index (χ0v) is 9.49. The van der Waals surface area contributed by atoms with E-state index in [1.807, 2.05) is 30.3 Å². The van der Waals surface area contributed by atoms with E-state index in [1.165, 1.54) is 19.8 Å². The molecule has 0 bridgehead atoms. The minimum atomic E-state index is -0.0359. The van der Waals surface area contributed by atoms with Crippen LogP contribution in [0.3, 0.4) is 0 Å². The zero-order chi connectivity index (χ0) is 11.5. The SMILES string of the molecule is CC(=O)Nc1ccccc1.CCCCN. The van der Waals surface area contributed by atoms with Crippen LogP contribution in [0.1, 0.15) is 26.7 Å². The molecule has 15 heavy (non-hydrogen) atoms. The van der Waals surface area contributed by atoms with Crippen molar-refractivity contribution >= 4 is 11.6 Å². The number of rotatable bonds is 3. The number of carbonyl (C=O) groups is 1. The van der Waals surface area contributed by atoms with Crippen LogP contribution in [0.15, 0.2) is 30.3 Å². The number of hydrogen-bond acceptors (Lipinski definition) is 2. The number of hydrogen-bond donors (Lipinski definition) is 2. The highest BCUT2D eigenvalue weighted by atomic mass is 16.1. The smallest absolute Gasteiger partial charge is 0.221 e. The number of amides is 1. The van der Waals surface area contributed by atoms with Crippen LogP contribution in [-0.4, -0.2) is 12.5 Å². The molecule has 3 nitrogen and oxygen atoms in total. The van der Waals surface area contributed by atoms with Crippen molar-refractivity contribution in [2.45, 2.75) is 26.7 Å². The maximum Gasteiger partial charge on any atom is 0.221 e. The Morgan fingerprint density at radius 3 is 2.27 bits per heavy atom. The third kappa shape index (κ3) is 8.97. The van der Waals surface area contributed by atoms with E-state index in [4.69, 9.17) is 5.73 Å². The van der Waals surface area contributed by atoms with Gasteiger partial charge in [-0.2, -0.15) is 0 Å². The van der Waals surface area contributed by atoms with Gasteiger partial charge in [-0.3, -0.25) is 4.79 Å². The molecule has 1 aromatic carbocycles. The zero-order valence-electron chi connectivity index (χ0n) is 9.49. The van der Waals surface area contributed by atoms with Gasteiger partial charge in [0.1, 0.15) is 0 Å². The van der Waals surface area contributed by atoms with Crippen molar-refractivity contribution in [2.24, 2.45) is 5.73 Å². The number of unbranched alkanes of at least 4 members (excludes halogenated alkanes) is 1. The van der Waals surface area contributed by atoms with Gasteiger partial charge in [0.25, 0.3) is 0 Å². The van der Waals surface area contributed by atoms with E-state index < -0.39 is 0 Å². The fourth-order valence-corrected chi connectivity index (χ4v) is 0.929. The molecule has 0 heterocycles. The molecule has 0 aliphatic carbocycles. The Bertz CT molecular complexity index is 258. The van der Waals surface area contributed by atoms with Crippen molar-refractivity contribution in [1.29, 1.82) is 0 Å². The van der Waals surface area contributed by atoms with Gasteiger partial charge in [-0.15, -0.1) is 0 Å². The minimum absolute atomic E-state index is 0.0359. The number of nitrogens with two attached hydrogens (primary N) is 1. The quantitative estimate of drug-likeness (QED) is 0.801. The van der Waals surface area contributed by atoms with E-state index in [0.717, 1.165) is 12.2 Å². The van der Waals surface area contributed by atoms with Crippen LogP contribution in [0.25, 0.3) is 0 Å². The molecule has 1 amide bonds. The summed E-state index contributed by atoms with van der Waals surface area (Å²) in [4.78, 5) is 10.5. The normalized spacial score (nSPS) is 8.73. The second-order valence-corrected chi connectivity index (χ2v) is 3.19. The molecule has 0 radical (unpaired) electrons. The maximum atomic E-state index is 10.5. The summed E-state index contributed by atoms with van der Waals surface area (Å²) < 4.78 is 0. The molecule has 1 rings (SSSR count). The number of para-hydroxylation sites is 1. The van der Waals surface area contributed by atoms with Crippen molar-refractivity contribution in [3.8, 4) is 0 Å². The van der Waals surface area contributed by atoms with Gasteiger partial charge in [0.2, 0.25) is 5.91 Å². The maximum absolute atomic E-state index is 10.5. The van der Waals surface area contributed by atoms with Crippen LogP contribution in [0.4, 0.5) is 5.69 Å². The van der Waals surface area contributed by atoms with E-state index in [1.54, 1.807) is 0 Å². The topological polar surface area (TPSA) is 55.1 Å². The van der Waals surface area contributed by atoms with Gasteiger partial charge in [0.05, 0.1) is 0 Å². The third-order valence-corrected chi connectivity index (χ3v) is 1.65. The van der Waals surface area contributed by atoms with Crippen LogP contribution >= 0.6 is 0 Å². The van der Waals surface area contributed by atoms with Crippen LogP contribution in [-0.2, 0) is 4.79 Å². The van der Waals surface area contributed by atoms with Crippen LogP contribution in [0.2, 0.25) is 0 Å². The molecule has 3 heteroatoms. The first-order valence-electron chi connectivity index (χ1n) is 5.23. The molecule has 0 fully saturated rings. The molecule has 0 unspecified atom stereocenters. The Labute approximate surface area is 91.7 Å². The van der Waals surface area contributed by atoms with Crippen molar-refractivity contribution in [2.75, 3.05) is 11.9 Å². The van der Waals surface area contributed by atoms with Crippen molar-refractivity contribution in [1.82, 2.24) is 0 Å². The fraction of sp³-hybridized carbons (Fsp3) is 0.417. The molecule has 0 aliphatic heterocycles. The predicted octanol–water partition coefficient (Wildman–Crippen LogP) is 2.39. The highest BCUT2D eigenvalue weighted by molar-refractivity contribution is 5.88. The summed E-state index contributed by atoms with van der Waals surface area (Å²) in [7, 11) is 0. The van der Waals surface area contributed by atoms with E-state index in [-0.39, 0.29) is 5.91 Å². The summed E-state index contributed by atoms with van der Waals surface area (Å²) in [5, 5.41) is 2.67. The average molecular weight is 208 g/mol. The summed E-state index contributed by atoms with van der Waals surface area (Å²) in [5.41, 5.74) is 5.98. The van der Waals surface area contributed by atoms with Gasteiger partial charge in [0.15, 0.2) is 0 Å². The van der Waals surface area contributed by atoms with Gasteiger partial charge >= 0.3 is 0 Å². The van der Waals surface area contributed by atoms with E-state index in [2.05, 4.69) is 12.2 Å². The summed E-state index contributed by atoms with van der Waals surface area (Å²) in [5.74, 6) is -0.0359. The Morgan fingerprint density at radius 1 is 1.33 bits per heavy atom. The predicted molar refractivity (Wildman–Crippen MR) is 64.7 cm³/mol. The summed E-state index contributed by atoms with van der Waals surface area (Å²) >= 11 is 0. The summed E-state index contributed by atoms with van der Waals surface area (Å²) in [6.07, 6.45) is 2.39. The van der Waals surface area contributed by atoms with Gasteiger partial charge in [-0.05, 0) is 25.1 Å². The molecule has 84 valence electrons. The number of nitrogens with one attached hydrogen (secondary N) is 1. The molecule has 0 spiro atoms. The Morgan fingerprint density at radius 2 is 1.93 bits per heavy atom. The van der Waals surface area contributed by atoms with E-state index in [0.29, 0.717) is 0 Å². The first-order chi connectivity index (χ1) is 7.20. The summed E-state index contributed by atoms with van der Waals surface area (Å²) in [6.45, 7) is 4.47. The van der Waals surface area contributed by atoms with Crippen molar-refractivity contribution in [3.05, 3.63) is 30.3 Å². The lowest BCUT2D eigenvalue weighted by atomic mass is 10.3. The first kappa shape index (κ1) is 13.7. The molecule has 0 atom stereocenters. The highest BCUT2D eigenvalue weighted by Crippen LogP contribution is 2.03. The van der Waals surface area contributed by atoms with Crippen molar-refractivity contribution in [3.63, 3.8) is 0 Å². The van der Waals surface area contributed by atoms with Gasteiger partial charge < -0.3 is 11.1 Å². The number of anilines is 1. The number of benzene rings is 1. The molecule has 1 aromatic rings. The largest absolute Gasteiger partial charge is 0.330 e. The first-order valence-corrected chi connectivity index (χ1v) is 5.23. The Kier molecular flexibility index (Phi) is 8.39. The molecule has 3 N–H and O–H groups in total. The minimum Gasteiger partial charge on any atom is -0.330 e. The third-order valence-electron chi connectivity index (χ3n) is 1.65. The van der Waals surface area contributed by atoms with E-state index in [9.17, 15) is 4.79 Å². The summed E-state index contributed by atoms with van der Waals surface area (Å²) in [6, 6.07) is 9.37. The standard InChI is InChI=1S/C8H9NO.C4H11N/c1-7(10)9-8-5-3-2-4-6-8;1-2-3-4-5/h2-6H,1H3,(H,9,10);2-5H2,1H3. The average Bonchev–Trinajstić information content (AvgIpc) is 2.20. The molecular formula is C12H20N2O. The molecule has 0 aromatic heterocycles. The molecule has 0 saturated heterocycles. The molecule has 0 saturated carbocycles. The van der Waals surface area contributed by atoms with Crippen molar-refractivity contribution < 1.29 is 4.79 Å². The highest BCUT2D eigenvalue weighted by Gasteiger charge is 1.90. The van der Waals surface area contributed by atoms with Crippen LogP contribution in [0.5, 0.6) is 0 Å². The Hall–Kier alpha value is -1.35. The van der Waals surface area contributed by atoms with E-state index >= 15 is 0 Å². The van der Waals surface area contributed by atoms with Gasteiger partial charge in [-0.25, -0.2) is 0 Å².